The number of rotatable bonds is 12. The second kappa shape index (κ2) is 11.9. The Morgan fingerprint density at radius 2 is 1.04 bits per heavy atom. The van der Waals surface area contributed by atoms with E-state index in [9.17, 15) is 0 Å². The highest BCUT2D eigenvalue weighted by Crippen LogP contribution is 2.30. The van der Waals surface area contributed by atoms with E-state index in [1.165, 1.54) is 81.8 Å². The van der Waals surface area contributed by atoms with Crippen LogP contribution in [0.5, 0.6) is 0 Å². The first-order chi connectivity index (χ1) is 12.4. The van der Waals surface area contributed by atoms with Crippen LogP contribution in [0.3, 0.4) is 0 Å². The number of benzene rings is 2. The topological polar surface area (TPSA) is 0 Å². The zero-order chi connectivity index (χ0) is 17.7. The lowest BCUT2D eigenvalue weighted by Crippen LogP contribution is -1.97. The fourth-order valence-corrected chi connectivity index (χ4v) is 3.71. The summed E-state index contributed by atoms with van der Waals surface area (Å²) in [5.41, 5.74) is 6.02. The lowest BCUT2D eigenvalue weighted by Gasteiger charge is -2.16. The van der Waals surface area contributed by atoms with E-state index in [4.69, 9.17) is 0 Å². The van der Waals surface area contributed by atoms with E-state index < -0.39 is 0 Å². The van der Waals surface area contributed by atoms with Crippen molar-refractivity contribution in [3.63, 3.8) is 0 Å². The smallest absolute Gasteiger partial charge is 0.0120 e. The van der Waals surface area contributed by atoms with Crippen molar-refractivity contribution in [1.82, 2.24) is 0 Å². The minimum Gasteiger partial charge on any atom is -0.0654 e. The molecule has 0 N–H and O–H groups in total. The Kier molecular flexibility index (Phi) is 9.41. The zero-order valence-corrected chi connectivity index (χ0v) is 16.4. The van der Waals surface area contributed by atoms with E-state index in [0.717, 1.165) is 0 Å². The third-order valence-electron chi connectivity index (χ3n) is 5.15. The van der Waals surface area contributed by atoms with Crippen LogP contribution in [0.25, 0.3) is 11.1 Å². The molecule has 0 amide bonds. The van der Waals surface area contributed by atoms with Crippen molar-refractivity contribution in [2.24, 2.45) is 0 Å². The van der Waals surface area contributed by atoms with E-state index in [1.807, 2.05) is 0 Å². The van der Waals surface area contributed by atoms with Crippen molar-refractivity contribution in [3.05, 3.63) is 59.7 Å². The molecule has 0 aromatic heterocycles. The Labute approximate surface area is 155 Å². The lowest BCUT2D eigenvalue weighted by molar-refractivity contribution is 0.632. The van der Waals surface area contributed by atoms with E-state index in [0.29, 0.717) is 0 Å². The number of hydrogen-bond acceptors (Lipinski definition) is 0. The SMILES string of the molecule is CCCCCCCc1cccc(CCCCCC)c1-c1ccccc1. The van der Waals surface area contributed by atoms with Gasteiger partial charge in [-0.3, -0.25) is 0 Å². The van der Waals surface area contributed by atoms with E-state index >= 15 is 0 Å². The Morgan fingerprint density at radius 1 is 0.520 bits per heavy atom. The van der Waals surface area contributed by atoms with Crippen molar-refractivity contribution < 1.29 is 0 Å². The third kappa shape index (κ3) is 6.69. The molecule has 2 rings (SSSR count). The molecule has 0 heteroatoms. The maximum absolute atomic E-state index is 2.36. The van der Waals surface area contributed by atoms with Crippen LogP contribution in [0.1, 0.15) is 82.8 Å². The Bertz CT molecular complexity index is 582. The Balaban J connectivity index is 2.13. The largest absolute Gasteiger partial charge is 0.0654 e. The molecule has 0 heterocycles. The molecular weight excluding hydrogens is 300 g/mol. The summed E-state index contributed by atoms with van der Waals surface area (Å²) in [5, 5.41) is 0. The molecule has 25 heavy (non-hydrogen) atoms. The highest BCUT2D eigenvalue weighted by atomic mass is 14.1. The third-order valence-corrected chi connectivity index (χ3v) is 5.15. The second-order valence-corrected chi connectivity index (χ2v) is 7.29. The first-order valence-electron chi connectivity index (χ1n) is 10.5. The normalized spacial score (nSPS) is 11.0. The van der Waals surface area contributed by atoms with Crippen LogP contribution < -0.4 is 0 Å². The van der Waals surface area contributed by atoms with E-state index in [-0.39, 0.29) is 0 Å². The summed E-state index contributed by atoms with van der Waals surface area (Å²) in [6, 6.07) is 18.0. The molecule has 0 saturated heterocycles. The average Bonchev–Trinajstić information content (AvgIpc) is 2.66. The van der Waals surface area contributed by atoms with Gasteiger partial charge in [-0.15, -0.1) is 0 Å². The van der Waals surface area contributed by atoms with Crippen molar-refractivity contribution >= 4 is 0 Å². The van der Waals surface area contributed by atoms with Crippen LogP contribution in [0.15, 0.2) is 48.5 Å². The van der Waals surface area contributed by atoms with Crippen LogP contribution in [0.4, 0.5) is 0 Å². The van der Waals surface area contributed by atoms with Gasteiger partial charge >= 0.3 is 0 Å². The van der Waals surface area contributed by atoms with E-state index in [1.54, 1.807) is 11.1 Å². The minimum atomic E-state index is 1.22. The number of unbranched alkanes of at least 4 members (excludes halogenated alkanes) is 7. The summed E-state index contributed by atoms with van der Waals surface area (Å²) < 4.78 is 0. The molecule has 0 bridgehead atoms. The first kappa shape index (κ1) is 19.8. The van der Waals surface area contributed by atoms with E-state index in [2.05, 4.69) is 62.4 Å². The maximum atomic E-state index is 2.36. The number of hydrogen-bond donors (Lipinski definition) is 0. The van der Waals surface area contributed by atoms with Crippen LogP contribution in [-0.4, -0.2) is 0 Å². The molecular formula is C25H36. The van der Waals surface area contributed by atoms with Gasteiger partial charge in [0.1, 0.15) is 0 Å². The van der Waals surface area contributed by atoms with Crippen LogP contribution in [0, 0.1) is 0 Å². The van der Waals surface area contributed by atoms with Gasteiger partial charge < -0.3 is 0 Å². The lowest BCUT2D eigenvalue weighted by atomic mass is 9.89. The Morgan fingerprint density at radius 3 is 1.60 bits per heavy atom. The van der Waals surface area contributed by atoms with Gasteiger partial charge in [0.2, 0.25) is 0 Å². The fraction of sp³-hybridized carbons (Fsp3) is 0.520. The summed E-state index contributed by atoms with van der Waals surface area (Å²) >= 11 is 0. The molecule has 0 nitrogen and oxygen atoms in total. The van der Waals surface area contributed by atoms with Gasteiger partial charge in [-0.1, -0.05) is 107 Å². The maximum Gasteiger partial charge on any atom is -0.0120 e. The second-order valence-electron chi connectivity index (χ2n) is 7.29. The molecule has 2 aromatic carbocycles. The zero-order valence-electron chi connectivity index (χ0n) is 16.4. The van der Waals surface area contributed by atoms with Crippen molar-refractivity contribution in [3.8, 4) is 11.1 Å². The van der Waals surface area contributed by atoms with Gasteiger partial charge in [0.05, 0.1) is 0 Å². The Hall–Kier alpha value is -1.56. The molecule has 136 valence electrons. The number of aryl methyl sites for hydroxylation is 2. The summed E-state index contributed by atoms with van der Waals surface area (Å²) in [6.07, 6.45) is 14.5. The van der Waals surface area contributed by atoms with Crippen molar-refractivity contribution in [2.45, 2.75) is 84.5 Å². The summed E-state index contributed by atoms with van der Waals surface area (Å²) in [5.74, 6) is 0. The van der Waals surface area contributed by atoms with Gasteiger partial charge in [-0.05, 0) is 47.9 Å². The molecule has 0 fully saturated rings. The van der Waals surface area contributed by atoms with Gasteiger partial charge in [-0.2, -0.15) is 0 Å². The first-order valence-corrected chi connectivity index (χ1v) is 10.5. The molecule has 0 radical (unpaired) electrons. The molecule has 2 aromatic rings. The molecule has 0 aliphatic rings. The van der Waals surface area contributed by atoms with Crippen molar-refractivity contribution in [1.29, 1.82) is 0 Å². The fourth-order valence-electron chi connectivity index (χ4n) is 3.71. The molecule has 0 aliphatic carbocycles. The van der Waals surface area contributed by atoms with Gasteiger partial charge in [0, 0.05) is 0 Å². The highest BCUT2D eigenvalue weighted by molar-refractivity contribution is 5.71. The highest BCUT2D eigenvalue weighted by Gasteiger charge is 2.10. The monoisotopic (exact) mass is 336 g/mol. The van der Waals surface area contributed by atoms with Gasteiger partial charge in [0.25, 0.3) is 0 Å². The quantitative estimate of drug-likeness (QED) is 0.344. The van der Waals surface area contributed by atoms with Crippen molar-refractivity contribution in [2.75, 3.05) is 0 Å². The summed E-state index contributed by atoms with van der Waals surface area (Å²) in [6.45, 7) is 4.57. The van der Waals surface area contributed by atoms with Crippen LogP contribution in [0.2, 0.25) is 0 Å². The molecule has 0 saturated carbocycles. The standard InChI is InChI=1S/C25H36/c1-3-5-7-9-12-17-24-21-15-20-23(16-11-8-6-4-2)25(24)22-18-13-10-14-19-22/h10,13-15,18-21H,3-9,11-12,16-17H2,1-2H3. The predicted molar refractivity (Wildman–Crippen MR) is 112 cm³/mol. The van der Waals surface area contributed by atoms with Crippen LogP contribution >= 0.6 is 0 Å². The predicted octanol–water partition coefficient (Wildman–Crippen LogP) is 7.99. The summed E-state index contributed by atoms with van der Waals surface area (Å²) in [4.78, 5) is 0. The minimum absolute atomic E-state index is 1.22. The molecule has 0 spiro atoms. The molecule has 0 aliphatic heterocycles. The van der Waals surface area contributed by atoms with Crippen LogP contribution in [-0.2, 0) is 12.8 Å². The van der Waals surface area contributed by atoms with Gasteiger partial charge in [0.15, 0.2) is 0 Å². The molecule has 0 unspecified atom stereocenters. The summed E-state index contributed by atoms with van der Waals surface area (Å²) in [7, 11) is 0. The van der Waals surface area contributed by atoms with Gasteiger partial charge in [-0.25, -0.2) is 0 Å². The molecule has 0 atom stereocenters. The average molecular weight is 337 g/mol.